The van der Waals surface area contributed by atoms with E-state index in [2.05, 4.69) is 36.5 Å². The van der Waals surface area contributed by atoms with E-state index >= 15 is 0 Å². The largest absolute Gasteiger partial charge is 0.304 e. The summed E-state index contributed by atoms with van der Waals surface area (Å²) in [5, 5.41) is 22.4. The van der Waals surface area contributed by atoms with Gasteiger partial charge in [0, 0.05) is 0 Å². The SMILES string of the molecule is N#Cc1cnn(-c2ccccc2)c1NC(=O)c1[nH]ncc1Br. The van der Waals surface area contributed by atoms with E-state index < -0.39 is 5.91 Å². The maximum absolute atomic E-state index is 12.3. The van der Waals surface area contributed by atoms with Gasteiger partial charge in [0.1, 0.15) is 17.3 Å². The number of nitrogens with one attached hydrogen (secondary N) is 2. The highest BCUT2D eigenvalue weighted by Gasteiger charge is 2.18. The van der Waals surface area contributed by atoms with Crippen LogP contribution in [0.15, 0.2) is 47.2 Å². The summed E-state index contributed by atoms with van der Waals surface area (Å²) in [7, 11) is 0. The van der Waals surface area contributed by atoms with Gasteiger partial charge in [-0.05, 0) is 28.1 Å². The number of anilines is 1. The monoisotopic (exact) mass is 356 g/mol. The van der Waals surface area contributed by atoms with Crippen LogP contribution in [0, 0.1) is 11.3 Å². The lowest BCUT2D eigenvalue weighted by Gasteiger charge is -2.09. The number of nitrogens with zero attached hydrogens (tertiary/aromatic N) is 4. The first-order chi connectivity index (χ1) is 10.7. The van der Waals surface area contributed by atoms with Crippen molar-refractivity contribution in [2.45, 2.75) is 0 Å². The molecule has 0 bridgehead atoms. The number of halogens is 1. The highest BCUT2D eigenvalue weighted by molar-refractivity contribution is 9.10. The van der Waals surface area contributed by atoms with Gasteiger partial charge < -0.3 is 5.32 Å². The van der Waals surface area contributed by atoms with E-state index in [4.69, 9.17) is 0 Å². The number of amides is 1. The Hall–Kier alpha value is -2.92. The summed E-state index contributed by atoms with van der Waals surface area (Å²) in [5.41, 5.74) is 1.28. The third kappa shape index (κ3) is 2.49. The lowest BCUT2D eigenvalue weighted by atomic mass is 10.3. The Bertz CT molecular complexity index is 861. The summed E-state index contributed by atoms with van der Waals surface area (Å²) < 4.78 is 2.04. The Balaban J connectivity index is 2.00. The van der Waals surface area contributed by atoms with Crippen LogP contribution in [-0.4, -0.2) is 25.9 Å². The lowest BCUT2D eigenvalue weighted by Crippen LogP contribution is -2.17. The molecule has 3 aromatic rings. The van der Waals surface area contributed by atoms with Crippen LogP contribution in [0.3, 0.4) is 0 Å². The molecular formula is C14H9BrN6O. The normalized spacial score (nSPS) is 10.2. The number of para-hydroxylation sites is 1. The van der Waals surface area contributed by atoms with Crippen LogP contribution in [0.2, 0.25) is 0 Å². The number of rotatable bonds is 3. The Labute approximate surface area is 133 Å². The third-order valence-electron chi connectivity index (χ3n) is 2.94. The zero-order chi connectivity index (χ0) is 15.5. The van der Waals surface area contributed by atoms with Gasteiger partial charge in [-0.2, -0.15) is 15.5 Å². The second-order valence-electron chi connectivity index (χ2n) is 4.31. The molecule has 0 aliphatic heterocycles. The molecule has 7 nitrogen and oxygen atoms in total. The maximum Gasteiger partial charge on any atom is 0.276 e. The fraction of sp³-hybridized carbons (Fsp3) is 0. The molecule has 2 heterocycles. The van der Waals surface area contributed by atoms with Gasteiger partial charge in [-0.15, -0.1) is 0 Å². The molecule has 0 unspecified atom stereocenters. The van der Waals surface area contributed by atoms with E-state index in [1.165, 1.54) is 17.1 Å². The fourth-order valence-corrected chi connectivity index (χ4v) is 2.29. The van der Waals surface area contributed by atoms with Crippen molar-refractivity contribution in [1.82, 2.24) is 20.0 Å². The first kappa shape index (κ1) is 14.0. The molecule has 0 radical (unpaired) electrons. The van der Waals surface area contributed by atoms with Gasteiger partial charge in [-0.25, -0.2) is 4.68 Å². The molecule has 0 aliphatic rings. The molecule has 1 aromatic carbocycles. The van der Waals surface area contributed by atoms with E-state index in [9.17, 15) is 10.1 Å². The lowest BCUT2D eigenvalue weighted by molar-refractivity contribution is 0.102. The number of carbonyl (C=O) groups is 1. The number of nitriles is 1. The standard InChI is InChI=1S/C14H9BrN6O/c15-11-8-17-20-12(11)14(22)19-13-9(6-16)7-18-21(13)10-4-2-1-3-5-10/h1-5,7-8H,(H,17,20)(H,19,22). The van der Waals surface area contributed by atoms with Crippen molar-refractivity contribution in [1.29, 1.82) is 5.26 Å². The van der Waals surface area contributed by atoms with Gasteiger partial charge in [0.25, 0.3) is 5.91 Å². The molecule has 0 fully saturated rings. The molecule has 1 amide bonds. The number of H-pyrrole nitrogens is 1. The minimum absolute atomic E-state index is 0.268. The molecule has 0 spiro atoms. The van der Waals surface area contributed by atoms with Crippen molar-refractivity contribution in [3.63, 3.8) is 0 Å². The van der Waals surface area contributed by atoms with E-state index in [1.54, 1.807) is 0 Å². The van der Waals surface area contributed by atoms with Crippen LogP contribution in [0.5, 0.6) is 0 Å². The van der Waals surface area contributed by atoms with Crippen LogP contribution >= 0.6 is 15.9 Å². The van der Waals surface area contributed by atoms with Crippen LogP contribution in [0.4, 0.5) is 5.82 Å². The van der Waals surface area contributed by atoms with Crippen LogP contribution in [-0.2, 0) is 0 Å². The molecule has 3 rings (SSSR count). The van der Waals surface area contributed by atoms with E-state index in [0.717, 1.165) is 5.69 Å². The Morgan fingerprint density at radius 1 is 1.32 bits per heavy atom. The van der Waals surface area contributed by atoms with E-state index in [0.29, 0.717) is 10.3 Å². The average molecular weight is 357 g/mol. The Kier molecular flexibility index (Phi) is 3.72. The molecule has 22 heavy (non-hydrogen) atoms. The van der Waals surface area contributed by atoms with Crippen molar-refractivity contribution in [3.05, 3.63) is 58.5 Å². The van der Waals surface area contributed by atoms with Gasteiger partial charge in [0.2, 0.25) is 0 Å². The van der Waals surface area contributed by atoms with Gasteiger partial charge in [-0.3, -0.25) is 9.89 Å². The van der Waals surface area contributed by atoms with Gasteiger partial charge in [0.15, 0.2) is 5.82 Å². The summed E-state index contributed by atoms with van der Waals surface area (Å²) in [5.74, 6) is -0.112. The second-order valence-corrected chi connectivity index (χ2v) is 5.17. The molecular weight excluding hydrogens is 348 g/mol. The van der Waals surface area contributed by atoms with Crippen molar-refractivity contribution in [3.8, 4) is 11.8 Å². The highest BCUT2D eigenvalue weighted by atomic mass is 79.9. The fourth-order valence-electron chi connectivity index (χ4n) is 1.92. The van der Waals surface area contributed by atoms with Gasteiger partial charge in [-0.1, -0.05) is 18.2 Å². The molecule has 108 valence electrons. The summed E-state index contributed by atoms with van der Waals surface area (Å²) in [6.07, 6.45) is 2.89. The minimum Gasteiger partial charge on any atom is -0.304 e. The minimum atomic E-state index is -0.418. The predicted octanol–water partition coefficient (Wildman–Crippen LogP) is 2.48. The zero-order valence-corrected chi connectivity index (χ0v) is 12.7. The van der Waals surface area contributed by atoms with Gasteiger partial charge >= 0.3 is 0 Å². The van der Waals surface area contributed by atoms with Crippen LogP contribution in [0.1, 0.15) is 16.1 Å². The maximum atomic E-state index is 12.3. The number of carbonyl (C=O) groups excluding carboxylic acids is 1. The molecule has 2 N–H and O–H groups in total. The van der Waals surface area contributed by atoms with Crippen molar-refractivity contribution in [2.75, 3.05) is 5.32 Å². The molecule has 0 aliphatic carbocycles. The van der Waals surface area contributed by atoms with Crippen molar-refractivity contribution >= 4 is 27.7 Å². The average Bonchev–Trinajstić information content (AvgIpc) is 3.14. The Morgan fingerprint density at radius 2 is 2.09 bits per heavy atom. The predicted molar refractivity (Wildman–Crippen MR) is 82.5 cm³/mol. The number of hydrogen-bond acceptors (Lipinski definition) is 4. The van der Waals surface area contributed by atoms with E-state index in [-0.39, 0.29) is 11.3 Å². The summed E-state index contributed by atoms with van der Waals surface area (Å²) in [6, 6.07) is 11.2. The Morgan fingerprint density at radius 3 is 2.73 bits per heavy atom. The smallest absolute Gasteiger partial charge is 0.276 e. The summed E-state index contributed by atoms with van der Waals surface area (Å²) in [4.78, 5) is 12.3. The van der Waals surface area contributed by atoms with E-state index in [1.807, 2.05) is 36.4 Å². The van der Waals surface area contributed by atoms with Gasteiger partial charge in [0.05, 0.1) is 22.6 Å². The van der Waals surface area contributed by atoms with Crippen LogP contribution in [0.25, 0.3) is 5.69 Å². The van der Waals surface area contributed by atoms with Crippen LogP contribution < -0.4 is 5.32 Å². The molecule has 0 saturated carbocycles. The molecule has 2 aromatic heterocycles. The molecule has 0 atom stereocenters. The third-order valence-corrected chi connectivity index (χ3v) is 3.54. The zero-order valence-electron chi connectivity index (χ0n) is 11.1. The topological polar surface area (TPSA) is 99.4 Å². The molecule has 8 heteroatoms. The van der Waals surface area contributed by atoms with Crippen molar-refractivity contribution < 1.29 is 4.79 Å². The summed E-state index contributed by atoms with van der Waals surface area (Å²) >= 11 is 3.23. The number of aromatic amines is 1. The number of benzene rings is 1. The summed E-state index contributed by atoms with van der Waals surface area (Å²) in [6.45, 7) is 0. The highest BCUT2D eigenvalue weighted by Crippen LogP contribution is 2.21. The van der Waals surface area contributed by atoms with Crippen molar-refractivity contribution in [2.24, 2.45) is 0 Å². The quantitative estimate of drug-likeness (QED) is 0.752. The first-order valence-corrected chi connectivity index (χ1v) is 7.03. The number of hydrogen-bond donors (Lipinski definition) is 2. The second kappa shape index (κ2) is 5.83. The number of aromatic nitrogens is 4. The molecule has 0 saturated heterocycles. The first-order valence-electron chi connectivity index (χ1n) is 6.24.